The van der Waals surface area contributed by atoms with E-state index < -0.39 is 0 Å². The van der Waals surface area contributed by atoms with Crippen LogP contribution in [-0.4, -0.2) is 65.5 Å². The summed E-state index contributed by atoms with van der Waals surface area (Å²) >= 11 is 0. The van der Waals surface area contributed by atoms with Crippen molar-refractivity contribution in [3.63, 3.8) is 0 Å². The summed E-state index contributed by atoms with van der Waals surface area (Å²) in [6.07, 6.45) is 5.98. The minimum atomic E-state index is 0.00302. The number of amides is 1. The van der Waals surface area contributed by atoms with Gasteiger partial charge in [0.25, 0.3) is 5.91 Å². The second-order valence-electron chi connectivity index (χ2n) is 7.83. The molecule has 1 aliphatic heterocycles. The highest BCUT2D eigenvalue weighted by atomic mass is 16.5. The molecule has 2 aromatic carbocycles. The molecule has 1 fully saturated rings. The lowest BCUT2D eigenvalue weighted by Gasteiger charge is -2.34. The Hall–Kier alpha value is -3.51. The van der Waals surface area contributed by atoms with Crippen molar-refractivity contribution >= 4 is 12.0 Å². The normalized spacial score (nSPS) is 14.6. The highest BCUT2D eigenvalue weighted by Gasteiger charge is 2.23. The van der Waals surface area contributed by atoms with Crippen molar-refractivity contribution in [3.05, 3.63) is 83.7 Å². The number of benzene rings is 2. The molecule has 0 spiro atoms. The maximum absolute atomic E-state index is 13.1. The third-order valence-electron chi connectivity index (χ3n) is 5.69. The van der Waals surface area contributed by atoms with Crippen molar-refractivity contribution in [2.45, 2.75) is 6.92 Å². The summed E-state index contributed by atoms with van der Waals surface area (Å²) in [6, 6.07) is 17.9. The van der Waals surface area contributed by atoms with Crippen LogP contribution in [-0.2, 0) is 0 Å². The quantitative estimate of drug-likeness (QED) is 0.595. The molecule has 2 heterocycles. The number of rotatable bonds is 6. The molecule has 1 aliphatic rings. The molecule has 0 N–H and O–H groups in total. The predicted molar refractivity (Wildman–Crippen MR) is 127 cm³/mol. The van der Waals surface area contributed by atoms with Crippen molar-refractivity contribution in [2.24, 2.45) is 0 Å². The first-order valence-corrected chi connectivity index (χ1v) is 10.9. The van der Waals surface area contributed by atoms with Crippen molar-refractivity contribution in [1.82, 2.24) is 19.8 Å². The van der Waals surface area contributed by atoms with E-state index in [0.29, 0.717) is 30.2 Å². The maximum Gasteiger partial charge on any atom is 0.257 e. The lowest BCUT2D eigenvalue weighted by Crippen LogP contribution is -2.48. The SMILES string of the molecule is COc1ccc(-c2ncc(C(=O)N3CCN(C/C=C/c4ccccc4)CC3)c(C)n2)cc1. The number of hydrogen-bond donors (Lipinski definition) is 0. The molecule has 164 valence electrons. The summed E-state index contributed by atoms with van der Waals surface area (Å²) < 4.78 is 5.20. The van der Waals surface area contributed by atoms with Gasteiger partial charge in [-0.3, -0.25) is 9.69 Å². The van der Waals surface area contributed by atoms with Crippen LogP contribution in [0.15, 0.2) is 66.9 Å². The fourth-order valence-electron chi connectivity index (χ4n) is 3.76. The van der Waals surface area contributed by atoms with Gasteiger partial charge in [-0.25, -0.2) is 9.97 Å². The van der Waals surface area contributed by atoms with Gasteiger partial charge in [0.2, 0.25) is 0 Å². The number of nitrogens with zero attached hydrogens (tertiary/aromatic N) is 4. The molecule has 0 unspecified atom stereocenters. The molecule has 3 aromatic rings. The number of piperazine rings is 1. The minimum Gasteiger partial charge on any atom is -0.497 e. The highest BCUT2D eigenvalue weighted by Crippen LogP contribution is 2.20. The fourth-order valence-corrected chi connectivity index (χ4v) is 3.76. The smallest absolute Gasteiger partial charge is 0.257 e. The Kier molecular flexibility index (Phi) is 6.92. The molecule has 0 aliphatic carbocycles. The Morgan fingerprint density at radius 1 is 1.03 bits per heavy atom. The summed E-state index contributed by atoms with van der Waals surface area (Å²) in [7, 11) is 1.64. The maximum atomic E-state index is 13.1. The zero-order valence-corrected chi connectivity index (χ0v) is 18.6. The Balaban J connectivity index is 1.34. The number of hydrogen-bond acceptors (Lipinski definition) is 5. The molecule has 32 heavy (non-hydrogen) atoms. The van der Waals surface area contributed by atoms with Crippen LogP contribution >= 0.6 is 0 Å². The van der Waals surface area contributed by atoms with Gasteiger partial charge in [-0.2, -0.15) is 0 Å². The number of aryl methyl sites for hydroxylation is 1. The van der Waals surface area contributed by atoms with Gasteiger partial charge in [-0.1, -0.05) is 42.5 Å². The minimum absolute atomic E-state index is 0.00302. The summed E-state index contributed by atoms with van der Waals surface area (Å²) in [6.45, 7) is 5.88. The van der Waals surface area contributed by atoms with Crippen LogP contribution in [0.25, 0.3) is 17.5 Å². The van der Waals surface area contributed by atoms with Crippen LogP contribution in [0.1, 0.15) is 21.6 Å². The van der Waals surface area contributed by atoms with Crippen molar-refractivity contribution in [1.29, 1.82) is 0 Å². The van der Waals surface area contributed by atoms with Gasteiger partial charge in [-0.05, 0) is 36.8 Å². The average Bonchev–Trinajstić information content (AvgIpc) is 2.85. The first-order valence-electron chi connectivity index (χ1n) is 10.9. The third kappa shape index (κ3) is 5.21. The van der Waals surface area contributed by atoms with Gasteiger partial charge in [0.05, 0.1) is 18.4 Å². The number of methoxy groups -OCH3 is 1. The summed E-state index contributed by atoms with van der Waals surface area (Å²) in [4.78, 5) is 26.3. The van der Waals surface area contributed by atoms with Crippen molar-refractivity contribution in [2.75, 3.05) is 39.8 Å². The van der Waals surface area contributed by atoms with Crippen LogP contribution in [0.4, 0.5) is 0 Å². The van der Waals surface area contributed by atoms with Gasteiger partial charge in [0.1, 0.15) is 5.75 Å². The van der Waals surface area contributed by atoms with E-state index in [9.17, 15) is 4.79 Å². The highest BCUT2D eigenvalue weighted by molar-refractivity contribution is 5.95. The van der Waals surface area contributed by atoms with E-state index in [2.05, 4.69) is 39.2 Å². The zero-order chi connectivity index (χ0) is 22.3. The molecule has 0 radical (unpaired) electrons. The lowest BCUT2D eigenvalue weighted by molar-refractivity contribution is 0.0648. The molecular formula is C26H28N4O2. The molecule has 6 heteroatoms. The van der Waals surface area contributed by atoms with Gasteiger partial charge in [0.15, 0.2) is 5.82 Å². The van der Waals surface area contributed by atoms with Crippen LogP contribution in [0, 0.1) is 6.92 Å². The van der Waals surface area contributed by atoms with E-state index in [0.717, 1.165) is 30.9 Å². The molecule has 0 bridgehead atoms. The Morgan fingerprint density at radius 2 is 1.75 bits per heavy atom. The topological polar surface area (TPSA) is 58.6 Å². The summed E-state index contributed by atoms with van der Waals surface area (Å²) in [5.41, 5.74) is 3.36. The molecule has 0 atom stereocenters. The van der Waals surface area contributed by atoms with Crippen LogP contribution in [0.5, 0.6) is 5.75 Å². The first kappa shape index (κ1) is 21.7. The Bertz CT molecular complexity index is 1070. The number of carbonyl (C=O) groups is 1. The van der Waals surface area contributed by atoms with Gasteiger partial charge >= 0.3 is 0 Å². The first-order chi connectivity index (χ1) is 15.6. The molecule has 1 aromatic heterocycles. The molecule has 1 saturated heterocycles. The molecule has 0 saturated carbocycles. The summed E-state index contributed by atoms with van der Waals surface area (Å²) in [5, 5.41) is 0. The predicted octanol–water partition coefficient (Wildman–Crippen LogP) is 3.93. The van der Waals surface area contributed by atoms with Gasteiger partial charge in [0, 0.05) is 44.5 Å². The Labute approximate surface area is 189 Å². The van der Waals surface area contributed by atoms with E-state index in [-0.39, 0.29) is 5.91 Å². The van der Waals surface area contributed by atoms with Gasteiger partial charge in [-0.15, -0.1) is 0 Å². The standard InChI is InChI=1S/C26H28N4O2/c1-20-24(19-27-25(28-20)22-10-12-23(32-2)13-11-22)26(31)30-17-15-29(16-18-30)14-6-9-21-7-4-3-5-8-21/h3-13,19H,14-18H2,1-2H3/b9-6+. The van der Waals surface area contributed by atoms with Gasteiger partial charge < -0.3 is 9.64 Å². The van der Waals surface area contributed by atoms with Crippen molar-refractivity contribution in [3.8, 4) is 17.1 Å². The molecule has 4 rings (SSSR count). The monoisotopic (exact) mass is 428 g/mol. The Morgan fingerprint density at radius 3 is 2.41 bits per heavy atom. The van der Waals surface area contributed by atoms with Crippen molar-refractivity contribution < 1.29 is 9.53 Å². The number of ether oxygens (including phenoxy) is 1. The zero-order valence-electron chi connectivity index (χ0n) is 18.6. The molecular weight excluding hydrogens is 400 g/mol. The lowest BCUT2D eigenvalue weighted by atomic mass is 10.1. The van der Waals surface area contributed by atoms with E-state index >= 15 is 0 Å². The summed E-state index contributed by atoms with van der Waals surface area (Å²) in [5.74, 6) is 1.40. The van der Waals surface area contributed by atoms with E-state index in [4.69, 9.17) is 4.74 Å². The van der Waals surface area contributed by atoms with E-state index in [1.54, 1.807) is 13.3 Å². The number of aromatic nitrogens is 2. The van der Waals surface area contributed by atoms with E-state index in [1.165, 1.54) is 5.56 Å². The van der Waals surface area contributed by atoms with E-state index in [1.807, 2.05) is 54.3 Å². The average molecular weight is 429 g/mol. The molecule has 6 nitrogen and oxygen atoms in total. The second-order valence-corrected chi connectivity index (χ2v) is 7.83. The molecule has 1 amide bonds. The van der Waals surface area contributed by atoms with Crippen LogP contribution in [0.3, 0.4) is 0 Å². The second kappa shape index (κ2) is 10.2. The fraction of sp³-hybridized carbons (Fsp3) is 0.269. The third-order valence-corrected chi connectivity index (χ3v) is 5.69. The van der Waals surface area contributed by atoms with Crippen LogP contribution in [0.2, 0.25) is 0 Å². The number of carbonyl (C=O) groups excluding carboxylic acids is 1. The largest absolute Gasteiger partial charge is 0.497 e. The van der Waals surface area contributed by atoms with Crippen LogP contribution < -0.4 is 4.74 Å².